The van der Waals surface area contributed by atoms with E-state index in [4.69, 9.17) is 40.1 Å². The number of likely N-dealkylation sites (tertiary alicyclic amines) is 7. The van der Waals surface area contributed by atoms with Gasteiger partial charge in [0.25, 0.3) is 0 Å². The Kier molecular flexibility index (Phi) is 32.2. The Morgan fingerprint density at radius 2 is 0.567 bits per heavy atom. The van der Waals surface area contributed by atoms with Crippen LogP contribution < -0.4 is 40.1 Å². The summed E-state index contributed by atoms with van der Waals surface area (Å²) in [4.78, 5) is 17.1. The van der Waals surface area contributed by atoms with Gasteiger partial charge in [-0.1, -0.05) is 27.7 Å². The molecule has 0 spiro atoms. The van der Waals surface area contributed by atoms with Crippen LogP contribution in [-0.4, -0.2) is 241 Å². The third-order valence-corrected chi connectivity index (χ3v) is 21.2. The standard InChI is InChI=1S/C12H24N2O.C12H24N2.2C10H22N2O.2C10H22N2.C9H20N2/c1-12(2,3)14-6-9(8-4-5-8)11(15)10(13)7-14;1-12(2,3)14-7-10(9-4-5-9)6-11(13)8-14;2*1-7-5-12(10(2,3)4)6-8(11)9(7)13;2*1-8-5-9(11)7-12(6-8)10(2,3)4;1-9(2,3)11-6-4-5-8(10)7-11/h8-11,15H,4-7,13H2,1-3H3;9-11H,4-8,13H2,1-3H3;2*7-9,13H,5-6,11H2,1-4H3;2*8-9H,5-7,11H2,1-4H3;8H,4-7,10H2,1-3H3. The van der Waals surface area contributed by atoms with E-state index in [0.29, 0.717) is 41.2 Å². The topological polar surface area (TPSA) is 266 Å². The highest BCUT2D eigenvalue weighted by Crippen LogP contribution is 2.43. The number of piperidine rings is 7. The highest BCUT2D eigenvalue weighted by atomic mass is 16.3. The quantitative estimate of drug-likeness (QED) is 0.127. The SMILES string of the molecule is CC(C)(C)N1CC(N)C(O)C(C2CC2)C1.CC(C)(C)N1CC(N)CC(C2CC2)C1.CC(C)(C)N1CCCC(N)C1.CC1CC(N)CN(C(C)(C)C)C1.CC1CC(N)CN(C(C)(C)C)C1.CC1CN(C(C)(C)C)CC(N)C1O.CC1CN(C(C)(C)C)CC(N)C1O. The minimum absolute atomic E-state index is 0.0661. The van der Waals surface area contributed by atoms with Crippen molar-refractivity contribution in [3.8, 4) is 0 Å². The van der Waals surface area contributed by atoms with E-state index in [9.17, 15) is 15.3 Å². The second-order valence-corrected chi connectivity index (χ2v) is 37.7. The highest BCUT2D eigenvalue weighted by molar-refractivity contribution is 5.00. The Labute approximate surface area is 556 Å². The summed E-state index contributed by atoms with van der Waals surface area (Å²) in [5.41, 5.74) is 43.4. The number of hydrogen-bond donors (Lipinski definition) is 10. The Morgan fingerprint density at radius 3 is 0.856 bits per heavy atom. The first kappa shape index (κ1) is 83.5. The van der Waals surface area contributed by atoms with Crippen LogP contribution >= 0.6 is 0 Å². The zero-order valence-corrected chi connectivity index (χ0v) is 63.7. The molecule has 16 atom stereocenters. The fourth-order valence-corrected chi connectivity index (χ4v) is 14.5. The van der Waals surface area contributed by atoms with Crippen LogP contribution in [-0.2, 0) is 0 Å². The molecule has 17 N–H and O–H groups in total. The van der Waals surface area contributed by atoms with Gasteiger partial charge in [-0.25, -0.2) is 0 Å². The van der Waals surface area contributed by atoms with Crippen LogP contribution in [0.4, 0.5) is 0 Å². The number of rotatable bonds is 2. The Morgan fingerprint density at radius 1 is 0.278 bits per heavy atom. The number of hydrogen-bond acceptors (Lipinski definition) is 17. The molecule has 7 heterocycles. The van der Waals surface area contributed by atoms with Gasteiger partial charge in [0.15, 0.2) is 0 Å². The molecule has 7 saturated heterocycles. The van der Waals surface area contributed by atoms with Crippen molar-refractivity contribution in [2.75, 3.05) is 91.6 Å². The summed E-state index contributed by atoms with van der Waals surface area (Å²) in [6, 6.07) is 1.33. The smallest absolute Gasteiger partial charge is 0.0746 e. The first-order valence-corrected chi connectivity index (χ1v) is 36.4. The van der Waals surface area contributed by atoms with Crippen molar-refractivity contribution < 1.29 is 15.3 Å². The van der Waals surface area contributed by atoms with Gasteiger partial charge in [0.2, 0.25) is 0 Å². The number of aliphatic hydroxyl groups is 3. The molecular formula is C73H156N14O3. The fraction of sp³-hybridized carbons (Fsp3) is 1.00. The molecule has 17 heteroatoms. The predicted octanol–water partition coefficient (Wildman–Crippen LogP) is 7.62. The minimum atomic E-state index is -0.335. The maximum Gasteiger partial charge on any atom is 0.0746 e. The molecule has 0 radical (unpaired) electrons. The van der Waals surface area contributed by atoms with Crippen LogP contribution in [0.1, 0.15) is 231 Å². The van der Waals surface area contributed by atoms with E-state index in [2.05, 4.69) is 207 Å². The van der Waals surface area contributed by atoms with E-state index >= 15 is 0 Å². The normalized spacial score (nSPS) is 35.6. The average molecular weight is 1280 g/mol. The van der Waals surface area contributed by atoms with Gasteiger partial charge in [-0.05, 0) is 251 Å². The summed E-state index contributed by atoms with van der Waals surface area (Å²) >= 11 is 0. The van der Waals surface area contributed by atoms with Gasteiger partial charge in [0, 0.05) is 172 Å². The number of aliphatic hydroxyl groups excluding tert-OH is 3. The molecule has 0 amide bonds. The average Bonchev–Trinajstić information content (AvgIpc) is 1.88. The second kappa shape index (κ2) is 34.7. The van der Waals surface area contributed by atoms with E-state index in [-0.39, 0.29) is 76.0 Å². The summed E-state index contributed by atoms with van der Waals surface area (Å²) in [6.07, 6.45) is 10.6. The van der Waals surface area contributed by atoms with Crippen LogP contribution in [0.5, 0.6) is 0 Å². The van der Waals surface area contributed by atoms with Crippen molar-refractivity contribution in [2.45, 2.75) is 330 Å². The third kappa shape index (κ3) is 29.2. The Bertz CT molecular complexity index is 1880. The van der Waals surface area contributed by atoms with Gasteiger partial charge in [0.1, 0.15) is 0 Å². The maximum absolute atomic E-state index is 10.1. The van der Waals surface area contributed by atoms with Crippen LogP contribution in [0.2, 0.25) is 0 Å². The third-order valence-electron chi connectivity index (χ3n) is 21.2. The molecule has 16 unspecified atom stereocenters. The lowest BCUT2D eigenvalue weighted by atomic mass is 9.85. The van der Waals surface area contributed by atoms with Gasteiger partial charge in [0.05, 0.1) is 18.3 Å². The molecule has 9 aliphatic rings. The van der Waals surface area contributed by atoms with Crippen LogP contribution in [0.25, 0.3) is 0 Å². The molecule has 9 fully saturated rings. The Hall–Kier alpha value is -0.680. The number of nitrogens with zero attached hydrogens (tertiary/aromatic N) is 7. The van der Waals surface area contributed by atoms with Crippen molar-refractivity contribution in [3.63, 3.8) is 0 Å². The molecule has 0 aromatic rings. The summed E-state index contributed by atoms with van der Waals surface area (Å²) in [7, 11) is 0. The summed E-state index contributed by atoms with van der Waals surface area (Å²) in [5.74, 6) is 5.11. The van der Waals surface area contributed by atoms with Crippen molar-refractivity contribution in [3.05, 3.63) is 0 Å². The van der Waals surface area contributed by atoms with E-state index < -0.39 is 0 Å². The lowest BCUT2D eigenvalue weighted by molar-refractivity contribution is -0.0303. The monoisotopic (exact) mass is 1280 g/mol. The molecule has 0 aromatic heterocycles. The molecule has 7 aliphatic heterocycles. The summed E-state index contributed by atoms with van der Waals surface area (Å²) < 4.78 is 0. The van der Waals surface area contributed by atoms with Crippen LogP contribution in [0.3, 0.4) is 0 Å². The zero-order chi connectivity index (χ0) is 69.2. The Balaban J connectivity index is 0.000000275. The fourth-order valence-electron chi connectivity index (χ4n) is 14.5. The molecule has 2 saturated carbocycles. The molecule has 0 bridgehead atoms. The maximum atomic E-state index is 10.1. The van der Waals surface area contributed by atoms with Crippen molar-refractivity contribution in [2.24, 2.45) is 87.5 Å². The number of nitrogens with two attached hydrogens (primary N) is 7. The molecular weight excluding hydrogens is 1120 g/mol. The molecule has 17 nitrogen and oxygen atoms in total. The molecule has 9 rings (SSSR count). The lowest BCUT2D eigenvalue weighted by Crippen LogP contribution is -2.61. The first-order chi connectivity index (χ1) is 40.8. The molecule has 2 aliphatic carbocycles. The molecule has 0 aromatic carbocycles. The van der Waals surface area contributed by atoms with Gasteiger partial charge in [-0.2, -0.15) is 0 Å². The zero-order valence-electron chi connectivity index (χ0n) is 63.7. The van der Waals surface area contributed by atoms with Crippen molar-refractivity contribution in [1.82, 2.24) is 34.3 Å². The van der Waals surface area contributed by atoms with Crippen LogP contribution in [0.15, 0.2) is 0 Å². The largest absolute Gasteiger partial charge is 0.391 e. The van der Waals surface area contributed by atoms with Crippen molar-refractivity contribution >= 4 is 0 Å². The van der Waals surface area contributed by atoms with Crippen LogP contribution in [0, 0.1) is 47.3 Å². The van der Waals surface area contributed by atoms with Gasteiger partial charge >= 0.3 is 0 Å². The van der Waals surface area contributed by atoms with E-state index in [1.54, 1.807) is 0 Å². The second-order valence-electron chi connectivity index (χ2n) is 37.7. The lowest BCUT2D eigenvalue weighted by Gasteiger charge is -2.46. The first-order valence-electron chi connectivity index (χ1n) is 36.4. The molecule has 536 valence electrons. The van der Waals surface area contributed by atoms with E-state index in [1.807, 2.05) is 0 Å². The summed E-state index contributed by atoms with van der Waals surface area (Å²) in [6.45, 7) is 70.2. The van der Waals surface area contributed by atoms with E-state index in [1.165, 1.54) is 84.0 Å². The summed E-state index contributed by atoms with van der Waals surface area (Å²) in [5, 5.41) is 29.4. The molecule has 90 heavy (non-hydrogen) atoms. The van der Waals surface area contributed by atoms with E-state index in [0.717, 1.165) is 95.0 Å². The van der Waals surface area contributed by atoms with Crippen molar-refractivity contribution in [1.29, 1.82) is 0 Å². The van der Waals surface area contributed by atoms with Gasteiger partial charge in [-0.15, -0.1) is 0 Å². The predicted molar refractivity (Wildman–Crippen MR) is 385 cm³/mol. The minimum Gasteiger partial charge on any atom is -0.391 e. The van der Waals surface area contributed by atoms with Gasteiger partial charge < -0.3 is 55.5 Å². The van der Waals surface area contributed by atoms with Gasteiger partial charge in [-0.3, -0.25) is 34.3 Å². The highest BCUT2D eigenvalue weighted by Gasteiger charge is 2.45.